The first-order valence-electron chi connectivity index (χ1n) is 4.34. The monoisotopic (exact) mass is 307 g/mol. The lowest BCUT2D eigenvalue weighted by molar-refractivity contribution is 0.183. The van der Waals surface area contributed by atoms with Crippen molar-refractivity contribution >= 4 is 28.5 Å². The molecule has 5 heteroatoms. The zero-order chi connectivity index (χ0) is 10.6. The summed E-state index contributed by atoms with van der Waals surface area (Å²) in [4.78, 5) is 10.5. The van der Waals surface area contributed by atoms with E-state index in [9.17, 15) is 0 Å². The standard InChI is InChI=1S/C9H14IN3O/c1-7(6-14-3)13(2)9-11-4-8(10)5-12-9/h4-5,7H,6H2,1-3H3. The molecule has 0 saturated heterocycles. The molecule has 0 aliphatic carbocycles. The van der Waals surface area contributed by atoms with Gasteiger partial charge in [0, 0.05) is 30.1 Å². The van der Waals surface area contributed by atoms with Crippen LogP contribution in [0.25, 0.3) is 0 Å². The van der Waals surface area contributed by atoms with Crippen LogP contribution in [0.5, 0.6) is 0 Å². The predicted octanol–water partition coefficient (Wildman–Crippen LogP) is 1.55. The number of methoxy groups -OCH3 is 1. The van der Waals surface area contributed by atoms with Crippen LogP contribution in [0.3, 0.4) is 0 Å². The quantitative estimate of drug-likeness (QED) is 0.791. The van der Waals surface area contributed by atoms with Crippen molar-refractivity contribution in [2.24, 2.45) is 0 Å². The fourth-order valence-corrected chi connectivity index (χ4v) is 1.32. The second kappa shape index (κ2) is 5.45. The van der Waals surface area contributed by atoms with Crippen LogP contribution in [0.1, 0.15) is 6.92 Å². The Morgan fingerprint density at radius 2 is 2.07 bits per heavy atom. The highest BCUT2D eigenvalue weighted by molar-refractivity contribution is 14.1. The number of ether oxygens (including phenoxy) is 1. The van der Waals surface area contributed by atoms with Crippen LogP contribution in [0.15, 0.2) is 12.4 Å². The summed E-state index contributed by atoms with van der Waals surface area (Å²) in [5, 5.41) is 0. The van der Waals surface area contributed by atoms with Crippen LogP contribution in [0, 0.1) is 3.57 Å². The van der Waals surface area contributed by atoms with Gasteiger partial charge in [-0.25, -0.2) is 9.97 Å². The molecule has 1 aromatic rings. The molecule has 0 N–H and O–H groups in total. The summed E-state index contributed by atoms with van der Waals surface area (Å²) in [7, 11) is 3.66. The normalized spacial score (nSPS) is 12.6. The first kappa shape index (κ1) is 11.6. The van der Waals surface area contributed by atoms with Crippen LogP contribution in [0.4, 0.5) is 5.95 Å². The van der Waals surface area contributed by atoms with Gasteiger partial charge in [-0.3, -0.25) is 0 Å². The van der Waals surface area contributed by atoms with E-state index < -0.39 is 0 Å². The summed E-state index contributed by atoms with van der Waals surface area (Å²) >= 11 is 2.19. The molecule has 1 rings (SSSR count). The van der Waals surface area contributed by atoms with Gasteiger partial charge in [0.2, 0.25) is 5.95 Å². The van der Waals surface area contributed by atoms with E-state index in [1.54, 1.807) is 19.5 Å². The van der Waals surface area contributed by atoms with Crippen molar-refractivity contribution in [2.45, 2.75) is 13.0 Å². The highest BCUT2D eigenvalue weighted by Gasteiger charge is 2.11. The molecule has 1 atom stereocenters. The van der Waals surface area contributed by atoms with Gasteiger partial charge < -0.3 is 9.64 Å². The molecule has 1 aromatic heterocycles. The van der Waals surface area contributed by atoms with Gasteiger partial charge in [0.25, 0.3) is 0 Å². The van der Waals surface area contributed by atoms with E-state index in [0.29, 0.717) is 6.61 Å². The van der Waals surface area contributed by atoms with Crippen molar-refractivity contribution < 1.29 is 4.74 Å². The summed E-state index contributed by atoms with van der Waals surface area (Å²) in [6.07, 6.45) is 3.61. The van der Waals surface area contributed by atoms with Gasteiger partial charge >= 0.3 is 0 Å². The van der Waals surface area contributed by atoms with E-state index in [4.69, 9.17) is 4.74 Å². The van der Waals surface area contributed by atoms with Gasteiger partial charge in [-0.15, -0.1) is 0 Å². The first-order chi connectivity index (χ1) is 6.65. The van der Waals surface area contributed by atoms with Gasteiger partial charge in [0.1, 0.15) is 0 Å². The number of halogens is 1. The molecular weight excluding hydrogens is 293 g/mol. The van der Waals surface area contributed by atoms with Crippen LogP contribution >= 0.6 is 22.6 Å². The molecule has 0 radical (unpaired) electrons. The average Bonchev–Trinajstić information content (AvgIpc) is 2.18. The Balaban J connectivity index is 2.68. The van der Waals surface area contributed by atoms with E-state index in [-0.39, 0.29) is 6.04 Å². The van der Waals surface area contributed by atoms with Crippen molar-refractivity contribution in [1.29, 1.82) is 0 Å². The number of aromatic nitrogens is 2. The Morgan fingerprint density at radius 3 is 2.57 bits per heavy atom. The molecule has 0 aliphatic rings. The second-order valence-electron chi connectivity index (χ2n) is 3.12. The zero-order valence-corrected chi connectivity index (χ0v) is 10.7. The third-order valence-corrected chi connectivity index (χ3v) is 2.55. The first-order valence-corrected chi connectivity index (χ1v) is 5.42. The van der Waals surface area contributed by atoms with E-state index in [1.807, 2.05) is 11.9 Å². The SMILES string of the molecule is COCC(C)N(C)c1ncc(I)cn1. The largest absolute Gasteiger partial charge is 0.383 e. The Kier molecular flexibility index (Phi) is 4.53. The third kappa shape index (κ3) is 3.06. The van der Waals surface area contributed by atoms with Crippen LogP contribution in [0.2, 0.25) is 0 Å². The Labute approximate surface area is 97.8 Å². The maximum absolute atomic E-state index is 5.07. The lowest BCUT2D eigenvalue weighted by atomic mass is 10.3. The second-order valence-corrected chi connectivity index (χ2v) is 4.36. The number of hydrogen-bond donors (Lipinski definition) is 0. The summed E-state index contributed by atoms with van der Waals surface area (Å²) < 4.78 is 6.11. The maximum Gasteiger partial charge on any atom is 0.225 e. The van der Waals surface area contributed by atoms with E-state index >= 15 is 0 Å². The summed E-state index contributed by atoms with van der Waals surface area (Å²) in [6, 6.07) is 0.278. The van der Waals surface area contributed by atoms with E-state index in [2.05, 4.69) is 39.5 Å². The molecule has 0 amide bonds. The minimum Gasteiger partial charge on any atom is -0.383 e. The third-order valence-electron chi connectivity index (χ3n) is 1.99. The molecule has 0 spiro atoms. The van der Waals surface area contributed by atoms with Crippen molar-refractivity contribution in [3.05, 3.63) is 16.0 Å². The van der Waals surface area contributed by atoms with Crippen LogP contribution in [-0.4, -0.2) is 36.8 Å². The molecule has 14 heavy (non-hydrogen) atoms. The number of hydrogen-bond acceptors (Lipinski definition) is 4. The lowest BCUT2D eigenvalue weighted by Crippen LogP contribution is -2.33. The summed E-state index contributed by atoms with van der Waals surface area (Å²) in [6.45, 7) is 2.75. The van der Waals surface area contributed by atoms with Crippen LogP contribution < -0.4 is 4.90 Å². The van der Waals surface area contributed by atoms with Crippen LogP contribution in [-0.2, 0) is 4.74 Å². The van der Waals surface area contributed by atoms with Gasteiger partial charge in [-0.2, -0.15) is 0 Å². The molecule has 0 saturated carbocycles. The Bertz CT molecular complexity index is 278. The van der Waals surface area contributed by atoms with Crippen molar-refractivity contribution in [2.75, 3.05) is 25.7 Å². The smallest absolute Gasteiger partial charge is 0.225 e. The molecule has 78 valence electrons. The van der Waals surface area contributed by atoms with Gasteiger partial charge in [0.15, 0.2) is 0 Å². The molecule has 4 nitrogen and oxygen atoms in total. The minimum absolute atomic E-state index is 0.278. The van der Waals surface area contributed by atoms with Crippen molar-refractivity contribution in [3.63, 3.8) is 0 Å². The Morgan fingerprint density at radius 1 is 1.50 bits per heavy atom. The summed E-state index contributed by atoms with van der Waals surface area (Å²) in [5.41, 5.74) is 0. The highest BCUT2D eigenvalue weighted by Crippen LogP contribution is 2.09. The highest BCUT2D eigenvalue weighted by atomic mass is 127. The van der Waals surface area contributed by atoms with Gasteiger partial charge in [0.05, 0.1) is 12.6 Å². The van der Waals surface area contributed by atoms with E-state index in [0.717, 1.165) is 9.52 Å². The molecule has 0 bridgehead atoms. The van der Waals surface area contributed by atoms with Crippen molar-refractivity contribution in [3.8, 4) is 0 Å². The maximum atomic E-state index is 5.07. The number of rotatable bonds is 4. The molecular formula is C9H14IN3O. The minimum atomic E-state index is 0.278. The fourth-order valence-electron chi connectivity index (χ4n) is 1.04. The topological polar surface area (TPSA) is 38.2 Å². The zero-order valence-electron chi connectivity index (χ0n) is 8.57. The Hall–Kier alpha value is -0.430. The average molecular weight is 307 g/mol. The fraction of sp³-hybridized carbons (Fsp3) is 0.556. The molecule has 1 heterocycles. The van der Waals surface area contributed by atoms with Crippen molar-refractivity contribution in [1.82, 2.24) is 9.97 Å². The summed E-state index contributed by atoms with van der Waals surface area (Å²) in [5.74, 6) is 0.731. The number of nitrogens with zero attached hydrogens (tertiary/aromatic N) is 3. The van der Waals surface area contributed by atoms with E-state index in [1.165, 1.54) is 0 Å². The number of anilines is 1. The molecule has 0 aliphatic heterocycles. The van der Waals surface area contributed by atoms with Gasteiger partial charge in [-0.05, 0) is 29.5 Å². The lowest BCUT2D eigenvalue weighted by Gasteiger charge is -2.23. The number of likely N-dealkylation sites (N-methyl/N-ethyl adjacent to an activating group) is 1. The molecule has 0 fully saturated rings. The molecule has 1 unspecified atom stereocenters. The van der Waals surface area contributed by atoms with Gasteiger partial charge in [-0.1, -0.05) is 0 Å². The molecule has 0 aromatic carbocycles. The predicted molar refractivity (Wildman–Crippen MR) is 64.5 cm³/mol.